The van der Waals surface area contributed by atoms with Crippen molar-refractivity contribution in [3.63, 3.8) is 0 Å². The van der Waals surface area contributed by atoms with Crippen molar-refractivity contribution in [2.45, 2.75) is 80.3 Å². The predicted molar refractivity (Wildman–Crippen MR) is 162 cm³/mol. The highest BCUT2D eigenvalue weighted by molar-refractivity contribution is 5.98. The molecule has 1 aromatic heterocycles. The number of nitrogens with one attached hydrogen (secondary N) is 2. The van der Waals surface area contributed by atoms with Crippen LogP contribution in [0.25, 0.3) is 11.0 Å². The molecule has 0 bridgehead atoms. The number of aromatic nitrogens is 2. The lowest BCUT2D eigenvalue weighted by Crippen LogP contribution is -2.34. The van der Waals surface area contributed by atoms with Crippen molar-refractivity contribution in [3.05, 3.63) is 53.6 Å². The number of amides is 1. The van der Waals surface area contributed by atoms with Gasteiger partial charge in [0, 0.05) is 42.5 Å². The minimum Gasteiger partial charge on any atom is -0.339 e. The second-order valence-corrected chi connectivity index (χ2v) is 11.7. The summed E-state index contributed by atoms with van der Waals surface area (Å²) in [7, 11) is 0. The fraction of sp³-hybridized carbons (Fsp3) is 0.531. The van der Waals surface area contributed by atoms with Crippen LogP contribution in [-0.2, 0) is 6.54 Å². The SMILES string of the molecule is CC(=O)c1ccc(Nc2nc3ccc(C(=O)N(CCC(C)C)CCC(C)C)cc3n2CCCNC(C)C)cc1. The third-order valence-electron chi connectivity index (χ3n) is 6.89. The van der Waals surface area contributed by atoms with Crippen molar-refractivity contribution < 1.29 is 9.59 Å². The molecule has 1 heterocycles. The number of carbonyl (C=O) groups excluding carboxylic acids is 2. The number of aryl methyl sites for hydroxylation is 1. The second kappa shape index (κ2) is 14.3. The maximum Gasteiger partial charge on any atom is 0.253 e. The summed E-state index contributed by atoms with van der Waals surface area (Å²) in [6, 6.07) is 13.7. The van der Waals surface area contributed by atoms with Crippen LogP contribution in [0.15, 0.2) is 42.5 Å². The normalized spacial score (nSPS) is 11.6. The molecule has 2 aromatic carbocycles. The lowest BCUT2D eigenvalue weighted by atomic mass is 10.1. The fourth-order valence-electron chi connectivity index (χ4n) is 4.45. The molecule has 212 valence electrons. The Morgan fingerprint density at radius 2 is 1.51 bits per heavy atom. The molecule has 7 nitrogen and oxygen atoms in total. The number of hydrogen-bond acceptors (Lipinski definition) is 5. The average molecular weight is 534 g/mol. The van der Waals surface area contributed by atoms with Crippen molar-refractivity contribution in [1.29, 1.82) is 0 Å². The van der Waals surface area contributed by atoms with Gasteiger partial charge in [0.05, 0.1) is 11.0 Å². The number of anilines is 2. The van der Waals surface area contributed by atoms with Gasteiger partial charge in [-0.05, 0) is 87.0 Å². The van der Waals surface area contributed by atoms with E-state index < -0.39 is 0 Å². The van der Waals surface area contributed by atoms with Gasteiger partial charge in [-0.15, -0.1) is 0 Å². The molecular weight excluding hydrogens is 486 g/mol. The maximum atomic E-state index is 13.7. The molecule has 0 saturated carbocycles. The Kier molecular flexibility index (Phi) is 11.1. The Hall–Kier alpha value is -3.19. The van der Waals surface area contributed by atoms with E-state index in [-0.39, 0.29) is 11.7 Å². The van der Waals surface area contributed by atoms with E-state index in [2.05, 4.69) is 56.7 Å². The van der Waals surface area contributed by atoms with Crippen molar-refractivity contribution in [1.82, 2.24) is 19.8 Å². The number of nitrogens with zero attached hydrogens (tertiary/aromatic N) is 3. The smallest absolute Gasteiger partial charge is 0.253 e. The monoisotopic (exact) mass is 533 g/mol. The van der Waals surface area contributed by atoms with Gasteiger partial charge in [0.1, 0.15) is 0 Å². The van der Waals surface area contributed by atoms with Gasteiger partial charge in [-0.2, -0.15) is 0 Å². The van der Waals surface area contributed by atoms with Crippen molar-refractivity contribution >= 4 is 34.4 Å². The summed E-state index contributed by atoms with van der Waals surface area (Å²) >= 11 is 0. The Morgan fingerprint density at radius 1 is 0.897 bits per heavy atom. The van der Waals surface area contributed by atoms with Crippen LogP contribution in [0.1, 0.15) is 88.4 Å². The van der Waals surface area contributed by atoms with Crippen LogP contribution in [0, 0.1) is 11.8 Å². The topological polar surface area (TPSA) is 79.3 Å². The van der Waals surface area contributed by atoms with E-state index in [4.69, 9.17) is 4.98 Å². The molecule has 0 aliphatic heterocycles. The van der Waals surface area contributed by atoms with Crippen molar-refractivity contribution in [2.24, 2.45) is 11.8 Å². The van der Waals surface area contributed by atoms with E-state index in [0.29, 0.717) is 29.0 Å². The summed E-state index contributed by atoms with van der Waals surface area (Å²) in [5.41, 5.74) is 4.04. The standard InChI is InChI=1S/C32H47N5O2/c1-22(2)15-19-36(20-16-23(3)4)31(39)27-11-14-29-30(21-27)37(18-8-17-33-24(5)6)32(35-29)34-28-12-9-26(10-13-28)25(7)38/h9-14,21-24,33H,8,15-20H2,1-7H3,(H,34,35). The van der Waals surface area contributed by atoms with Crippen LogP contribution in [0.4, 0.5) is 11.6 Å². The molecule has 0 unspecified atom stereocenters. The molecule has 0 aliphatic carbocycles. The molecule has 1 amide bonds. The number of ketones is 1. The summed E-state index contributed by atoms with van der Waals surface area (Å²) in [6.45, 7) is 17.8. The summed E-state index contributed by atoms with van der Waals surface area (Å²) in [5, 5.41) is 6.93. The number of Topliss-reactive ketones (excluding diaryl/α,β-unsaturated/α-hetero) is 1. The summed E-state index contributed by atoms with van der Waals surface area (Å²) in [4.78, 5) is 32.3. The first kappa shape index (κ1) is 30.4. The van der Waals surface area contributed by atoms with Crippen LogP contribution in [0.2, 0.25) is 0 Å². The third kappa shape index (κ3) is 8.92. The molecule has 3 aromatic rings. The second-order valence-electron chi connectivity index (χ2n) is 11.7. The molecule has 0 fully saturated rings. The number of imidazole rings is 1. The summed E-state index contributed by atoms with van der Waals surface area (Å²) in [6.07, 6.45) is 2.90. The molecule has 2 N–H and O–H groups in total. The first-order valence-electron chi connectivity index (χ1n) is 14.5. The molecule has 0 aliphatic rings. The quantitative estimate of drug-likeness (QED) is 0.164. The minimum absolute atomic E-state index is 0.0412. The Bertz CT molecular complexity index is 1220. The number of benzene rings is 2. The molecule has 0 radical (unpaired) electrons. The molecule has 7 heteroatoms. The van der Waals surface area contributed by atoms with Crippen LogP contribution in [0.5, 0.6) is 0 Å². The lowest BCUT2D eigenvalue weighted by molar-refractivity contribution is 0.0740. The van der Waals surface area contributed by atoms with Gasteiger partial charge < -0.3 is 20.1 Å². The Balaban J connectivity index is 1.93. The Morgan fingerprint density at radius 3 is 2.08 bits per heavy atom. The van der Waals surface area contributed by atoms with Crippen molar-refractivity contribution in [2.75, 3.05) is 25.0 Å². The number of rotatable bonds is 15. The van der Waals surface area contributed by atoms with E-state index in [1.807, 2.05) is 47.4 Å². The predicted octanol–water partition coefficient (Wildman–Crippen LogP) is 6.91. The van der Waals surface area contributed by atoms with Crippen LogP contribution < -0.4 is 10.6 Å². The van der Waals surface area contributed by atoms with Crippen LogP contribution >= 0.6 is 0 Å². The van der Waals surface area contributed by atoms with Gasteiger partial charge in [0.2, 0.25) is 5.95 Å². The highest BCUT2D eigenvalue weighted by Gasteiger charge is 2.19. The highest BCUT2D eigenvalue weighted by atomic mass is 16.2. The van der Waals surface area contributed by atoms with E-state index in [1.165, 1.54) is 0 Å². The minimum atomic E-state index is 0.0412. The van der Waals surface area contributed by atoms with Gasteiger partial charge in [-0.3, -0.25) is 9.59 Å². The number of carbonyl (C=O) groups is 2. The van der Waals surface area contributed by atoms with Gasteiger partial charge in [-0.1, -0.05) is 41.5 Å². The van der Waals surface area contributed by atoms with E-state index in [0.717, 1.165) is 68.1 Å². The fourth-order valence-corrected chi connectivity index (χ4v) is 4.45. The lowest BCUT2D eigenvalue weighted by Gasteiger charge is -2.24. The number of hydrogen-bond donors (Lipinski definition) is 2. The molecule has 3 rings (SSSR count). The zero-order valence-electron chi connectivity index (χ0n) is 24.9. The summed E-state index contributed by atoms with van der Waals surface area (Å²) < 4.78 is 2.17. The highest BCUT2D eigenvalue weighted by Crippen LogP contribution is 2.26. The zero-order valence-corrected chi connectivity index (χ0v) is 24.9. The third-order valence-corrected chi connectivity index (χ3v) is 6.89. The molecule has 0 saturated heterocycles. The van der Waals surface area contributed by atoms with Gasteiger partial charge in [0.25, 0.3) is 5.91 Å². The van der Waals surface area contributed by atoms with Gasteiger partial charge in [0.15, 0.2) is 5.78 Å². The summed E-state index contributed by atoms with van der Waals surface area (Å²) in [5.74, 6) is 1.94. The van der Waals surface area contributed by atoms with Gasteiger partial charge in [-0.25, -0.2) is 4.98 Å². The zero-order chi connectivity index (χ0) is 28.5. The first-order valence-corrected chi connectivity index (χ1v) is 14.5. The van der Waals surface area contributed by atoms with Crippen LogP contribution in [-0.4, -0.2) is 51.8 Å². The first-order chi connectivity index (χ1) is 18.5. The van der Waals surface area contributed by atoms with E-state index in [1.54, 1.807) is 6.92 Å². The number of fused-ring (bicyclic) bond motifs is 1. The van der Waals surface area contributed by atoms with E-state index in [9.17, 15) is 9.59 Å². The largest absolute Gasteiger partial charge is 0.339 e. The van der Waals surface area contributed by atoms with Gasteiger partial charge >= 0.3 is 0 Å². The molecule has 39 heavy (non-hydrogen) atoms. The van der Waals surface area contributed by atoms with Crippen molar-refractivity contribution in [3.8, 4) is 0 Å². The maximum absolute atomic E-state index is 13.7. The average Bonchev–Trinajstić information content (AvgIpc) is 3.22. The molecule has 0 spiro atoms. The molecular formula is C32H47N5O2. The molecule has 0 atom stereocenters. The van der Waals surface area contributed by atoms with Crippen LogP contribution in [0.3, 0.4) is 0 Å². The van der Waals surface area contributed by atoms with E-state index >= 15 is 0 Å². The Labute approximate surface area is 234 Å².